The fraction of sp³-hybridized carbons (Fsp3) is 0.882. The van der Waals surface area contributed by atoms with Crippen molar-refractivity contribution >= 4 is 35.8 Å². The number of nitrogens with one attached hydrogen (secondary N) is 3. The number of ether oxygens (including phenoxy) is 2. The molecule has 0 aromatic heterocycles. The van der Waals surface area contributed by atoms with Crippen molar-refractivity contribution in [1.29, 1.82) is 0 Å². The summed E-state index contributed by atoms with van der Waals surface area (Å²) in [6.07, 6.45) is 2.02. The van der Waals surface area contributed by atoms with Crippen LogP contribution in [0.15, 0.2) is 4.99 Å². The van der Waals surface area contributed by atoms with Crippen LogP contribution in [0.3, 0.4) is 0 Å². The maximum atomic E-state index is 11.8. The van der Waals surface area contributed by atoms with Crippen LogP contribution < -0.4 is 16.0 Å². The predicted molar refractivity (Wildman–Crippen MR) is 112 cm³/mol. The van der Waals surface area contributed by atoms with Crippen LogP contribution in [-0.2, 0) is 14.3 Å². The molecule has 0 bridgehead atoms. The maximum absolute atomic E-state index is 11.8. The molecule has 1 heterocycles. The van der Waals surface area contributed by atoms with E-state index in [-0.39, 0.29) is 29.9 Å². The number of amides is 1. The lowest BCUT2D eigenvalue weighted by Crippen LogP contribution is -2.41. The zero-order chi connectivity index (χ0) is 17.8. The van der Waals surface area contributed by atoms with Gasteiger partial charge in [0, 0.05) is 39.3 Å². The number of aliphatic imine (C=N–C) groups is 1. The summed E-state index contributed by atoms with van der Waals surface area (Å²) in [6.45, 7) is 11.0. The summed E-state index contributed by atoms with van der Waals surface area (Å²) in [5.74, 6) is 1.29. The van der Waals surface area contributed by atoms with Crippen molar-refractivity contribution in [3.05, 3.63) is 0 Å². The molecule has 148 valence electrons. The fourth-order valence-electron chi connectivity index (χ4n) is 2.37. The van der Waals surface area contributed by atoms with Crippen molar-refractivity contribution in [3.8, 4) is 0 Å². The van der Waals surface area contributed by atoms with Gasteiger partial charge in [-0.3, -0.25) is 9.79 Å². The fourth-order valence-corrected chi connectivity index (χ4v) is 2.37. The van der Waals surface area contributed by atoms with Gasteiger partial charge >= 0.3 is 0 Å². The molecule has 1 unspecified atom stereocenters. The molecule has 3 N–H and O–H groups in total. The highest BCUT2D eigenvalue weighted by atomic mass is 127. The van der Waals surface area contributed by atoms with Crippen molar-refractivity contribution in [3.63, 3.8) is 0 Å². The van der Waals surface area contributed by atoms with E-state index in [1.807, 2.05) is 20.8 Å². The Morgan fingerprint density at radius 2 is 2.12 bits per heavy atom. The Balaban J connectivity index is 0.00000576. The summed E-state index contributed by atoms with van der Waals surface area (Å²) in [5, 5.41) is 9.15. The van der Waals surface area contributed by atoms with Gasteiger partial charge in [0.05, 0.1) is 25.2 Å². The third-order valence-corrected chi connectivity index (χ3v) is 3.95. The van der Waals surface area contributed by atoms with Crippen LogP contribution in [0.4, 0.5) is 0 Å². The van der Waals surface area contributed by atoms with Gasteiger partial charge in [0.15, 0.2) is 5.96 Å². The van der Waals surface area contributed by atoms with E-state index in [1.165, 1.54) is 0 Å². The standard InChI is InChI=1S/C17H34N4O3.HI/c1-5-19-16(21-13-17(2,3)15(22)18-4)20-8-6-9-23-11-14-7-10-24-12-14;/h14H,5-13H2,1-4H3,(H,18,22)(H2,19,20,21);1H. The van der Waals surface area contributed by atoms with Gasteiger partial charge in [-0.05, 0) is 33.6 Å². The number of nitrogens with zero attached hydrogens (tertiary/aromatic N) is 1. The van der Waals surface area contributed by atoms with Crippen LogP contribution in [0.2, 0.25) is 0 Å². The number of halogens is 1. The van der Waals surface area contributed by atoms with Crippen molar-refractivity contribution < 1.29 is 14.3 Å². The van der Waals surface area contributed by atoms with Crippen molar-refractivity contribution in [1.82, 2.24) is 16.0 Å². The van der Waals surface area contributed by atoms with Crippen LogP contribution in [0.5, 0.6) is 0 Å². The molecule has 7 nitrogen and oxygen atoms in total. The average Bonchev–Trinajstić information content (AvgIpc) is 3.08. The number of guanidine groups is 1. The second-order valence-electron chi connectivity index (χ2n) is 6.74. The van der Waals surface area contributed by atoms with E-state index in [9.17, 15) is 4.79 Å². The third-order valence-electron chi connectivity index (χ3n) is 3.95. The summed E-state index contributed by atoms with van der Waals surface area (Å²) in [7, 11) is 1.65. The van der Waals surface area contributed by atoms with Gasteiger partial charge in [-0.1, -0.05) is 0 Å². The quantitative estimate of drug-likeness (QED) is 0.195. The van der Waals surface area contributed by atoms with Gasteiger partial charge in [-0.2, -0.15) is 0 Å². The average molecular weight is 470 g/mol. The largest absolute Gasteiger partial charge is 0.381 e. The maximum Gasteiger partial charge on any atom is 0.227 e. The summed E-state index contributed by atoms with van der Waals surface area (Å²) in [4.78, 5) is 16.3. The van der Waals surface area contributed by atoms with Gasteiger partial charge in [-0.15, -0.1) is 24.0 Å². The molecular formula is C17H35IN4O3. The zero-order valence-corrected chi connectivity index (χ0v) is 18.4. The first-order valence-electron chi connectivity index (χ1n) is 8.89. The molecule has 0 saturated carbocycles. The van der Waals surface area contributed by atoms with Crippen LogP contribution in [-0.4, -0.2) is 65.0 Å². The summed E-state index contributed by atoms with van der Waals surface area (Å²) in [6, 6.07) is 0. The zero-order valence-electron chi connectivity index (χ0n) is 16.0. The lowest BCUT2D eigenvalue weighted by atomic mass is 9.93. The van der Waals surface area contributed by atoms with E-state index in [4.69, 9.17) is 9.47 Å². The second-order valence-corrected chi connectivity index (χ2v) is 6.74. The topological polar surface area (TPSA) is 84.0 Å². The number of carbonyl (C=O) groups excluding carboxylic acids is 1. The second kappa shape index (κ2) is 13.6. The molecule has 1 amide bonds. The van der Waals surface area contributed by atoms with Crippen LogP contribution in [0, 0.1) is 11.3 Å². The Bertz CT molecular complexity index is 399. The minimum atomic E-state index is -0.524. The van der Waals surface area contributed by atoms with E-state index in [2.05, 4.69) is 20.9 Å². The SMILES string of the molecule is CCNC(=NCC(C)(C)C(=O)NC)NCCCOCC1CCOC1.I. The van der Waals surface area contributed by atoms with Gasteiger partial charge in [0.2, 0.25) is 5.91 Å². The van der Waals surface area contributed by atoms with Gasteiger partial charge < -0.3 is 25.4 Å². The first-order valence-corrected chi connectivity index (χ1v) is 8.89. The van der Waals surface area contributed by atoms with Crippen molar-refractivity contribution in [2.75, 3.05) is 53.1 Å². The minimum Gasteiger partial charge on any atom is -0.381 e. The summed E-state index contributed by atoms with van der Waals surface area (Å²) >= 11 is 0. The predicted octanol–water partition coefficient (Wildman–Crippen LogP) is 1.37. The third kappa shape index (κ3) is 10.2. The molecule has 25 heavy (non-hydrogen) atoms. The Kier molecular flexibility index (Phi) is 13.2. The summed E-state index contributed by atoms with van der Waals surface area (Å²) in [5.41, 5.74) is -0.524. The van der Waals surface area contributed by atoms with Gasteiger partial charge in [0.25, 0.3) is 0 Å². The smallest absolute Gasteiger partial charge is 0.227 e. The Morgan fingerprint density at radius 1 is 1.36 bits per heavy atom. The van der Waals surface area contributed by atoms with Crippen molar-refractivity contribution in [2.45, 2.75) is 33.6 Å². The molecule has 0 radical (unpaired) electrons. The molecule has 1 aliphatic heterocycles. The molecule has 1 atom stereocenters. The Hall–Kier alpha value is -0.610. The van der Waals surface area contributed by atoms with E-state index < -0.39 is 5.41 Å². The molecule has 0 spiro atoms. The molecule has 8 heteroatoms. The minimum absolute atomic E-state index is 0. The highest BCUT2D eigenvalue weighted by Gasteiger charge is 2.26. The molecule has 0 aliphatic carbocycles. The van der Waals surface area contributed by atoms with Gasteiger partial charge in [0.1, 0.15) is 0 Å². The number of rotatable bonds is 10. The molecular weight excluding hydrogens is 435 g/mol. The lowest BCUT2D eigenvalue weighted by Gasteiger charge is -2.21. The van der Waals surface area contributed by atoms with Crippen LogP contribution in [0.25, 0.3) is 0 Å². The molecule has 1 rings (SSSR count). The Labute approximate surface area is 169 Å². The highest BCUT2D eigenvalue weighted by Crippen LogP contribution is 2.15. The molecule has 1 saturated heterocycles. The van der Waals surface area contributed by atoms with Crippen molar-refractivity contribution in [2.24, 2.45) is 16.3 Å². The van der Waals surface area contributed by atoms with E-state index >= 15 is 0 Å². The number of hydrogen-bond donors (Lipinski definition) is 3. The highest BCUT2D eigenvalue weighted by molar-refractivity contribution is 14.0. The lowest BCUT2D eigenvalue weighted by molar-refractivity contribution is -0.128. The van der Waals surface area contributed by atoms with E-state index in [1.54, 1.807) is 7.05 Å². The normalized spacial score (nSPS) is 17.8. The molecule has 1 aliphatic rings. The first kappa shape index (κ1) is 24.4. The Morgan fingerprint density at radius 3 is 2.72 bits per heavy atom. The molecule has 1 fully saturated rings. The van der Waals surface area contributed by atoms with Crippen LogP contribution >= 0.6 is 24.0 Å². The van der Waals surface area contributed by atoms with Gasteiger partial charge in [-0.25, -0.2) is 0 Å². The van der Waals surface area contributed by atoms with E-state index in [0.717, 1.165) is 58.3 Å². The molecule has 0 aromatic rings. The summed E-state index contributed by atoms with van der Waals surface area (Å²) < 4.78 is 11.0. The van der Waals surface area contributed by atoms with Crippen LogP contribution in [0.1, 0.15) is 33.6 Å². The monoisotopic (exact) mass is 470 g/mol. The molecule has 0 aromatic carbocycles. The van der Waals surface area contributed by atoms with E-state index in [0.29, 0.717) is 12.5 Å². The first-order chi connectivity index (χ1) is 11.5. The number of hydrogen-bond acceptors (Lipinski definition) is 4. The number of carbonyl (C=O) groups is 1.